The van der Waals surface area contributed by atoms with E-state index >= 15 is 0 Å². The largest absolute Gasteiger partial charge is 0.456 e. The first-order valence-corrected chi connectivity index (χ1v) is 18.9. The third-order valence-electron chi connectivity index (χ3n) is 12.6. The van der Waals surface area contributed by atoms with Gasteiger partial charge in [0.2, 0.25) is 0 Å². The Bertz CT molecular complexity index is 3590. The zero-order chi connectivity index (χ0) is 35.4. The lowest BCUT2D eigenvalue weighted by molar-refractivity contribution is 0.661. The van der Waals surface area contributed by atoms with Gasteiger partial charge in [0.15, 0.2) is 0 Å². The highest BCUT2D eigenvalue weighted by atomic mass is 16.3. The minimum Gasteiger partial charge on any atom is -0.456 e. The van der Waals surface area contributed by atoms with Crippen molar-refractivity contribution < 1.29 is 4.42 Å². The molecule has 3 heterocycles. The summed E-state index contributed by atoms with van der Waals surface area (Å²) in [4.78, 5) is 0. The number of aromatic nitrogens is 2. The molecule has 252 valence electrons. The van der Waals surface area contributed by atoms with Crippen molar-refractivity contribution in [2.45, 2.75) is 19.3 Å². The van der Waals surface area contributed by atoms with E-state index in [1.54, 1.807) is 0 Å². The Hall–Kier alpha value is -6.84. The number of benzene rings is 9. The van der Waals surface area contributed by atoms with Crippen molar-refractivity contribution >= 4 is 87.1 Å². The van der Waals surface area contributed by atoms with Crippen LogP contribution in [0.4, 0.5) is 0 Å². The predicted molar refractivity (Wildman–Crippen MR) is 226 cm³/mol. The smallest absolute Gasteiger partial charge is 0.138 e. The van der Waals surface area contributed by atoms with Gasteiger partial charge in [-0.15, -0.1) is 0 Å². The minimum atomic E-state index is -0.0822. The van der Waals surface area contributed by atoms with Crippen molar-refractivity contribution in [2.24, 2.45) is 0 Å². The maximum atomic E-state index is 6.65. The van der Waals surface area contributed by atoms with E-state index in [-0.39, 0.29) is 5.41 Å². The Morgan fingerprint density at radius 2 is 0.963 bits per heavy atom. The Morgan fingerprint density at radius 1 is 0.370 bits per heavy atom. The molecule has 0 aliphatic heterocycles. The highest BCUT2D eigenvalue weighted by Gasteiger charge is 2.36. The van der Waals surface area contributed by atoms with Crippen LogP contribution in [0.1, 0.15) is 25.0 Å². The fourth-order valence-corrected chi connectivity index (χ4v) is 10.3. The first-order valence-electron chi connectivity index (χ1n) is 18.9. The number of rotatable bonds is 2. The van der Waals surface area contributed by atoms with Crippen molar-refractivity contribution in [3.63, 3.8) is 0 Å². The lowest BCUT2D eigenvalue weighted by Gasteiger charge is -2.21. The molecule has 0 bridgehead atoms. The molecule has 1 aliphatic carbocycles. The summed E-state index contributed by atoms with van der Waals surface area (Å²) in [5.41, 5.74) is 14.3. The van der Waals surface area contributed by atoms with Gasteiger partial charge >= 0.3 is 0 Å². The van der Waals surface area contributed by atoms with Crippen LogP contribution in [0.25, 0.3) is 110 Å². The molecule has 3 aromatic heterocycles. The summed E-state index contributed by atoms with van der Waals surface area (Å²) >= 11 is 0. The van der Waals surface area contributed by atoms with Crippen LogP contribution in [0, 0.1) is 0 Å². The van der Waals surface area contributed by atoms with Gasteiger partial charge in [0, 0.05) is 49.5 Å². The molecule has 54 heavy (non-hydrogen) atoms. The number of nitrogens with zero attached hydrogens (tertiary/aromatic N) is 2. The van der Waals surface area contributed by atoms with Gasteiger partial charge in [-0.05, 0) is 98.4 Å². The molecule has 0 atom stereocenters. The van der Waals surface area contributed by atoms with E-state index in [4.69, 9.17) is 4.42 Å². The molecule has 3 heteroatoms. The maximum Gasteiger partial charge on any atom is 0.138 e. The SMILES string of the molecule is CC1(C)c2ccccc2-c2cc3c4ccccc4n(-c4ccc5c(c4)c4ccccc4n5-c4cc5oc6cccc7c8ccccc8c(c4)c5c67)c3cc21. The third-order valence-corrected chi connectivity index (χ3v) is 12.6. The standard InChI is InChI=1S/C51H32N2O/c1-51(2)41-18-8-5-14-33(41)37-27-39-35-16-7-9-19-43(35)52(46(39)28-42(37)51)29-22-23-45-38(24-29)34-15-6-10-20-44(34)53(45)30-25-40-32-13-4-3-12-31(32)36-17-11-21-47-49(36)50(40)48(26-30)54-47/h3-28H,1-2H3. The highest BCUT2D eigenvalue weighted by Crippen LogP contribution is 2.51. The van der Waals surface area contributed by atoms with Gasteiger partial charge in [-0.3, -0.25) is 0 Å². The van der Waals surface area contributed by atoms with Crippen LogP contribution in [-0.4, -0.2) is 9.13 Å². The van der Waals surface area contributed by atoms with Crippen molar-refractivity contribution in [1.29, 1.82) is 0 Å². The Balaban J connectivity index is 1.09. The van der Waals surface area contributed by atoms with Gasteiger partial charge in [-0.2, -0.15) is 0 Å². The van der Waals surface area contributed by atoms with Gasteiger partial charge in [0.1, 0.15) is 11.2 Å². The van der Waals surface area contributed by atoms with Gasteiger partial charge in [0.05, 0.1) is 27.8 Å². The van der Waals surface area contributed by atoms with E-state index in [1.165, 1.54) is 98.2 Å². The molecular weight excluding hydrogens is 657 g/mol. The lowest BCUT2D eigenvalue weighted by Crippen LogP contribution is -2.14. The topological polar surface area (TPSA) is 23.0 Å². The molecule has 0 N–H and O–H groups in total. The number of hydrogen-bond acceptors (Lipinski definition) is 1. The molecule has 0 saturated carbocycles. The summed E-state index contributed by atoms with van der Waals surface area (Å²) < 4.78 is 11.6. The van der Waals surface area contributed by atoms with Crippen molar-refractivity contribution in [3.8, 4) is 22.5 Å². The van der Waals surface area contributed by atoms with Crippen LogP contribution >= 0.6 is 0 Å². The van der Waals surface area contributed by atoms with E-state index in [2.05, 4.69) is 181 Å². The van der Waals surface area contributed by atoms with Crippen LogP contribution in [0.5, 0.6) is 0 Å². The maximum absolute atomic E-state index is 6.65. The molecule has 3 nitrogen and oxygen atoms in total. The number of fused-ring (bicyclic) bond motifs is 12. The van der Waals surface area contributed by atoms with Crippen molar-refractivity contribution in [3.05, 3.63) is 169 Å². The molecule has 9 aromatic carbocycles. The average Bonchev–Trinajstić information content (AvgIpc) is 3.92. The monoisotopic (exact) mass is 688 g/mol. The van der Waals surface area contributed by atoms with Crippen molar-refractivity contribution in [2.75, 3.05) is 0 Å². The quantitative estimate of drug-likeness (QED) is 0.166. The van der Waals surface area contributed by atoms with Gasteiger partial charge in [-0.1, -0.05) is 111 Å². The normalized spacial score (nSPS) is 13.9. The second kappa shape index (κ2) is 9.77. The first-order chi connectivity index (χ1) is 26.5. The second-order valence-corrected chi connectivity index (χ2v) is 15.7. The van der Waals surface area contributed by atoms with E-state index < -0.39 is 0 Å². The van der Waals surface area contributed by atoms with E-state index in [1.807, 2.05) is 0 Å². The zero-order valence-electron chi connectivity index (χ0n) is 29.8. The molecule has 12 aromatic rings. The van der Waals surface area contributed by atoms with E-state index in [9.17, 15) is 0 Å². The molecule has 0 spiro atoms. The zero-order valence-corrected chi connectivity index (χ0v) is 29.8. The van der Waals surface area contributed by atoms with Crippen LogP contribution in [0.15, 0.2) is 162 Å². The molecule has 0 radical (unpaired) electrons. The Kier molecular flexibility index (Phi) is 5.19. The van der Waals surface area contributed by atoms with E-state index in [0.717, 1.165) is 22.5 Å². The molecular formula is C51H32N2O. The van der Waals surface area contributed by atoms with Crippen LogP contribution in [0.2, 0.25) is 0 Å². The highest BCUT2D eigenvalue weighted by molar-refractivity contribution is 6.33. The summed E-state index contributed by atoms with van der Waals surface area (Å²) in [7, 11) is 0. The van der Waals surface area contributed by atoms with Crippen LogP contribution < -0.4 is 0 Å². The van der Waals surface area contributed by atoms with Crippen LogP contribution in [0.3, 0.4) is 0 Å². The predicted octanol–water partition coefficient (Wildman–Crippen LogP) is 13.8. The summed E-state index contributed by atoms with van der Waals surface area (Å²) in [6.07, 6.45) is 0. The molecule has 0 unspecified atom stereocenters. The molecule has 0 amide bonds. The van der Waals surface area contributed by atoms with Gasteiger partial charge in [-0.25, -0.2) is 0 Å². The van der Waals surface area contributed by atoms with Gasteiger partial charge < -0.3 is 13.6 Å². The minimum absolute atomic E-state index is 0.0822. The van der Waals surface area contributed by atoms with Crippen LogP contribution in [-0.2, 0) is 5.41 Å². The summed E-state index contributed by atoms with van der Waals surface area (Å²) in [6, 6.07) is 58.4. The number of para-hydroxylation sites is 2. The lowest BCUT2D eigenvalue weighted by atomic mass is 9.82. The Labute approximate surface area is 310 Å². The summed E-state index contributed by atoms with van der Waals surface area (Å²) in [5, 5.41) is 12.4. The van der Waals surface area contributed by atoms with Gasteiger partial charge in [0.25, 0.3) is 0 Å². The second-order valence-electron chi connectivity index (χ2n) is 15.7. The Morgan fingerprint density at radius 3 is 1.76 bits per heavy atom. The molecule has 13 rings (SSSR count). The fraction of sp³-hybridized carbons (Fsp3) is 0.0588. The first kappa shape index (κ1) is 28.7. The molecule has 0 saturated heterocycles. The fourth-order valence-electron chi connectivity index (χ4n) is 10.3. The number of furan rings is 1. The summed E-state index contributed by atoms with van der Waals surface area (Å²) in [6.45, 7) is 4.73. The van der Waals surface area contributed by atoms with E-state index in [0.29, 0.717) is 0 Å². The summed E-state index contributed by atoms with van der Waals surface area (Å²) in [5.74, 6) is 0. The third kappa shape index (κ3) is 3.43. The average molecular weight is 689 g/mol. The molecule has 0 fully saturated rings. The van der Waals surface area contributed by atoms with Crippen molar-refractivity contribution in [1.82, 2.24) is 9.13 Å². The molecule has 1 aliphatic rings. The number of hydrogen-bond donors (Lipinski definition) is 0.